The molecular formula is C18H26F3N5OS. The van der Waals surface area contributed by atoms with Crippen molar-refractivity contribution in [3.63, 3.8) is 0 Å². The van der Waals surface area contributed by atoms with E-state index in [0.29, 0.717) is 18.9 Å². The molecule has 1 aromatic heterocycles. The van der Waals surface area contributed by atoms with E-state index in [2.05, 4.69) is 20.1 Å². The third-order valence-corrected chi connectivity index (χ3v) is 5.40. The van der Waals surface area contributed by atoms with Crippen molar-refractivity contribution in [1.29, 1.82) is 0 Å². The molecular weight excluding hydrogens is 391 g/mol. The van der Waals surface area contributed by atoms with Gasteiger partial charge >= 0.3 is 6.18 Å². The maximum atomic E-state index is 12.6. The fourth-order valence-corrected chi connectivity index (χ4v) is 3.60. The van der Waals surface area contributed by atoms with E-state index in [4.69, 9.17) is 17.0 Å². The smallest absolute Gasteiger partial charge is 0.379 e. The molecule has 2 fully saturated rings. The second kappa shape index (κ2) is 9.71. The molecule has 2 aliphatic heterocycles. The average molecular weight is 418 g/mol. The summed E-state index contributed by atoms with van der Waals surface area (Å²) in [6.07, 6.45) is -2.44. The Morgan fingerprint density at radius 1 is 1.11 bits per heavy atom. The topological polar surface area (TPSA) is 43.9 Å². The van der Waals surface area contributed by atoms with Crippen LogP contribution in [-0.2, 0) is 10.9 Å². The summed E-state index contributed by atoms with van der Waals surface area (Å²) in [6, 6.07) is 2.51. The summed E-state index contributed by atoms with van der Waals surface area (Å²) in [5, 5.41) is 4.05. The molecule has 0 amide bonds. The van der Waals surface area contributed by atoms with Crippen LogP contribution in [0, 0.1) is 0 Å². The van der Waals surface area contributed by atoms with Crippen LogP contribution in [-0.4, -0.2) is 85.5 Å². The summed E-state index contributed by atoms with van der Waals surface area (Å²) >= 11 is 5.48. The highest BCUT2D eigenvalue weighted by Crippen LogP contribution is 2.29. The van der Waals surface area contributed by atoms with Gasteiger partial charge in [-0.15, -0.1) is 0 Å². The van der Waals surface area contributed by atoms with Gasteiger partial charge in [-0.25, -0.2) is 4.98 Å². The van der Waals surface area contributed by atoms with Crippen LogP contribution < -0.4 is 10.2 Å². The number of morpholine rings is 1. The lowest BCUT2D eigenvalue weighted by Gasteiger charge is -2.37. The summed E-state index contributed by atoms with van der Waals surface area (Å²) in [6.45, 7) is 8.25. The Morgan fingerprint density at radius 3 is 2.43 bits per heavy atom. The number of thiocarbonyl (C=S) groups is 1. The lowest BCUT2D eigenvalue weighted by molar-refractivity contribution is -0.137. The number of ether oxygens (including phenoxy) is 1. The first kappa shape index (κ1) is 21.1. The maximum absolute atomic E-state index is 12.6. The van der Waals surface area contributed by atoms with Crippen LogP contribution >= 0.6 is 12.2 Å². The molecule has 6 nitrogen and oxygen atoms in total. The maximum Gasteiger partial charge on any atom is 0.417 e. The molecule has 0 spiro atoms. The van der Waals surface area contributed by atoms with E-state index < -0.39 is 11.7 Å². The van der Waals surface area contributed by atoms with Gasteiger partial charge in [-0.05, 0) is 37.3 Å². The Morgan fingerprint density at radius 2 is 1.82 bits per heavy atom. The first-order chi connectivity index (χ1) is 13.4. The Bertz CT molecular complexity index is 629. The van der Waals surface area contributed by atoms with Gasteiger partial charge in [0.2, 0.25) is 0 Å². The highest BCUT2D eigenvalue weighted by atomic mass is 32.1. The second-order valence-electron chi connectivity index (χ2n) is 6.92. The molecule has 0 saturated carbocycles. The van der Waals surface area contributed by atoms with Crippen LogP contribution in [0.3, 0.4) is 0 Å². The van der Waals surface area contributed by atoms with Crippen molar-refractivity contribution in [3.8, 4) is 0 Å². The molecule has 2 aliphatic rings. The van der Waals surface area contributed by atoms with Gasteiger partial charge in [0.1, 0.15) is 5.82 Å². The number of rotatable bonds is 5. The summed E-state index contributed by atoms with van der Waals surface area (Å²) in [4.78, 5) is 10.4. The quantitative estimate of drug-likeness (QED) is 0.579. The number of hydrogen-bond donors (Lipinski definition) is 1. The number of anilines is 1. The Balaban J connectivity index is 1.36. The van der Waals surface area contributed by atoms with Gasteiger partial charge in [0, 0.05) is 52.0 Å². The van der Waals surface area contributed by atoms with Crippen molar-refractivity contribution in [2.45, 2.75) is 12.6 Å². The van der Waals surface area contributed by atoms with E-state index in [0.717, 1.165) is 76.3 Å². The minimum Gasteiger partial charge on any atom is -0.379 e. The van der Waals surface area contributed by atoms with E-state index in [9.17, 15) is 13.2 Å². The van der Waals surface area contributed by atoms with E-state index in [1.807, 2.05) is 4.90 Å². The highest BCUT2D eigenvalue weighted by Gasteiger charge is 2.31. The first-order valence-electron chi connectivity index (χ1n) is 9.54. The molecule has 0 aliphatic carbocycles. The molecule has 3 rings (SSSR count). The fourth-order valence-electron chi connectivity index (χ4n) is 3.31. The SMILES string of the molecule is FC(F)(F)c1ccc(N2CCN(C(=S)NCCCN3CCOCC3)CC2)nc1. The van der Waals surface area contributed by atoms with Crippen LogP contribution in [0.5, 0.6) is 0 Å². The minimum atomic E-state index is -4.36. The van der Waals surface area contributed by atoms with Crippen molar-refractivity contribution in [1.82, 2.24) is 20.1 Å². The zero-order valence-electron chi connectivity index (χ0n) is 15.7. The molecule has 1 N–H and O–H groups in total. The predicted octanol–water partition coefficient (Wildman–Crippen LogP) is 1.82. The first-order valence-corrected chi connectivity index (χ1v) is 9.95. The lowest BCUT2D eigenvalue weighted by atomic mass is 10.2. The molecule has 0 bridgehead atoms. The monoisotopic (exact) mass is 417 g/mol. The molecule has 0 unspecified atom stereocenters. The summed E-state index contributed by atoms with van der Waals surface area (Å²) in [5.41, 5.74) is -0.725. The standard InChI is InChI=1S/C18H26F3N5OS/c19-18(20,21)15-2-3-16(23-14-15)25-6-8-26(9-7-25)17(28)22-4-1-5-24-10-12-27-13-11-24/h2-3,14H,1,4-13H2,(H,22,28). The fraction of sp³-hybridized carbons (Fsp3) is 0.667. The van der Waals surface area contributed by atoms with Crippen molar-refractivity contribution in [3.05, 3.63) is 23.9 Å². The van der Waals surface area contributed by atoms with E-state index in [1.54, 1.807) is 0 Å². The number of nitrogens with zero attached hydrogens (tertiary/aromatic N) is 4. The summed E-state index contributed by atoms with van der Waals surface area (Å²) in [7, 11) is 0. The third-order valence-electron chi connectivity index (χ3n) is 5.00. The molecule has 0 aromatic carbocycles. The third kappa shape index (κ3) is 5.92. The number of halogens is 3. The largest absolute Gasteiger partial charge is 0.417 e. The van der Waals surface area contributed by atoms with E-state index >= 15 is 0 Å². The van der Waals surface area contributed by atoms with Crippen molar-refractivity contribution >= 4 is 23.1 Å². The van der Waals surface area contributed by atoms with E-state index in [-0.39, 0.29) is 0 Å². The minimum absolute atomic E-state index is 0.567. The van der Waals surface area contributed by atoms with Crippen LogP contribution in [0.1, 0.15) is 12.0 Å². The Hall–Kier alpha value is -1.65. The molecule has 3 heterocycles. The molecule has 2 saturated heterocycles. The molecule has 156 valence electrons. The van der Waals surface area contributed by atoms with Gasteiger partial charge in [-0.2, -0.15) is 13.2 Å². The normalized spacial score (nSPS) is 19.0. The molecule has 0 radical (unpaired) electrons. The Labute approximate surface area is 168 Å². The average Bonchev–Trinajstić information content (AvgIpc) is 2.71. The van der Waals surface area contributed by atoms with Gasteiger partial charge in [0.15, 0.2) is 5.11 Å². The van der Waals surface area contributed by atoms with Crippen LogP contribution in [0.2, 0.25) is 0 Å². The van der Waals surface area contributed by atoms with Gasteiger partial charge in [-0.3, -0.25) is 4.90 Å². The van der Waals surface area contributed by atoms with E-state index in [1.165, 1.54) is 6.07 Å². The molecule has 28 heavy (non-hydrogen) atoms. The summed E-state index contributed by atoms with van der Waals surface area (Å²) < 4.78 is 43.3. The second-order valence-corrected chi connectivity index (χ2v) is 7.30. The highest BCUT2D eigenvalue weighted by molar-refractivity contribution is 7.80. The van der Waals surface area contributed by atoms with Gasteiger partial charge < -0.3 is 19.9 Å². The number of nitrogens with one attached hydrogen (secondary N) is 1. The van der Waals surface area contributed by atoms with Crippen molar-refractivity contribution < 1.29 is 17.9 Å². The van der Waals surface area contributed by atoms with Crippen LogP contribution in [0.15, 0.2) is 18.3 Å². The Kier molecular flexibility index (Phi) is 7.30. The molecule has 1 aromatic rings. The van der Waals surface area contributed by atoms with Crippen molar-refractivity contribution in [2.75, 3.05) is 70.5 Å². The predicted molar refractivity (Wildman–Crippen MR) is 106 cm³/mol. The van der Waals surface area contributed by atoms with Gasteiger partial charge in [-0.1, -0.05) is 0 Å². The lowest BCUT2D eigenvalue weighted by Crippen LogP contribution is -2.52. The number of piperazine rings is 1. The number of hydrogen-bond acceptors (Lipinski definition) is 5. The molecule has 10 heteroatoms. The van der Waals surface area contributed by atoms with Crippen LogP contribution in [0.4, 0.5) is 19.0 Å². The van der Waals surface area contributed by atoms with Crippen molar-refractivity contribution in [2.24, 2.45) is 0 Å². The molecule has 0 atom stereocenters. The zero-order chi connectivity index (χ0) is 20.0. The zero-order valence-corrected chi connectivity index (χ0v) is 16.6. The number of pyridine rings is 1. The number of aromatic nitrogens is 1. The van der Waals surface area contributed by atoms with Gasteiger partial charge in [0.25, 0.3) is 0 Å². The van der Waals surface area contributed by atoms with Gasteiger partial charge in [0.05, 0.1) is 18.8 Å². The summed E-state index contributed by atoms with van der Waals surface area (Å²) in [5.74, 6) is 0.567. The number of alkyl halides is 3. The van der Waals surface area contributed by atoms with Crippen LogP contribution in [0.25, 0.3) is 0 Å².